The van der Waals surface area contributed by atoms with Gasteiger partial charge in [-0.2, -0.15) is 0 Å². The van der Waals surface area contributed by atoms with Crippen molar-refractivity contribution in [3.8, 4) is 5.75 Å². The molecule has 1 aromatic heterocycles. The molecule has 1 aliphatic rings. The molecule has 0 saturated heterocycles. The van der Waals surface area contributed by atoms with Gasteiger partial charge in [0.1, 0.15) is 23.4 Å². The van der Waals surface area contributed by atoms with Crippen LogP contribution < -0.4 is 10.1 Å². The molecule has 0 bridgehead atoms. The van der Waals surface area contributed by atoms with Crippen molar-refractivity contribution in [1.82, 2.24) is 14.9 Å². The fourth-order valence-electron chi connectivity index (χ4n) is 3.70. The van der Waals surface area contributed by atoms with E-state index in [-0.39, 0.29) is 23.6 Å². The molecule has 6 heteroatoms. The average Bonchev–Trinajstić information content (AvgIpc) is 3.40. The number of nitrogens with one attached hydrogen (secondary N) is 1. The highest BCUT2D eigenvalue weighted by atomic mass is 19.1. The van der Waals surface area contributed by atoms with Crippen molar-refractivity contribution in [2.75, 3.05) is 7.11 Å². The Labute approximate surface area is 163 Å². The molecular weight excluding hydrogens is 357 g/mol. The second-order valence-electron chi connectivity index (χ2n) is 7.05. The molecule has 3 atom stereocenters. The lowest BCUT2D eigenvalue weighted by molar-refractivity contribution is -0.123. The van der Waals surface area contributed by atoms with Gasteiger partial charge < -0.3 is 14.6 Å². The van der Waals surface area contributed by atoms with Crippen molar-refractivity contribution in [1.29, 1.82) is 0 Å². The summed E-state index contributed by atoms with van der Waals surface area (Å²) < 4.78 is 21.4. The molecule has 1 aliphatic carbocycles. The van der Waals surface area contributed by atoms with Crippen LogP contribution in [-0.2, 0) is 11.8 Å². The molecule has 0 spiro atoms. The Morgan fingerprint density at radius 3 is 2.71 bits per heavy atom. The topological polar surface area (TPSA) is 56.1 Å². The van der Waals surface area contributed by atoms with Gasteiger partial charge in [-0.3, -0.25) is 4.79 Å². The SMILES string of the molecule is COc1ccccc1C(NC(=O)C1CC1c1ccccc1F)c1nccn1C. The summed E-state index contributed by atoms with van der Waals surface area (Å²) >= 11 is 0. The first-order chi connectivity index (χ1) is 13.6. The monoisotopic (exact) mass is 379 g/mol. The lowest BCUT2D eigenvalue weighted by Gasteiger charge is -2.21. The van der Waals surface area contributed by atoms with Crippen LogP contribution in [0.1, 0.15) is 35.3 Å². The lowest BCUT2D eigenvalue weighted by Crippen LogP contribution is -2.32. The number of benzene rings is 2. The van der Waals surface area contributed by atoms with Gasteiger partial charge in [-0.05, 0) is 30.0 Å². The van der Waals surface area contributed by atoms with E-state index in [1.54, 1.807) is 31.5 Å². The van der Waals surface area contributed by atoms with Gasteiger partial charge in [0.25, 0.3) is 0 Å². The maximum Gasteiger partial charge on any atom is 0.224 e. The first kappa shape index (κ1) is 18.2. The molecule has 1 saturated carbocycles. The van der Waals surface area contributed by atoms with E-state index >= 15 is 0 Å². The van der Waals surface area contributed by atoms with Gasteiger partial charge in [0.05, 0.1) is 7.11 Å². The number of halogens is 1. The second kappa shape index (κ2) is 7.46. The van der Waals surface area contributed by atoms with Crippen molar-refractivity contribution >= 4 is 5.91 Å². The fourth-order valence-corrected chi connectivity index (χ4v) is 3.70. The van der Waals surface area contributed by atoms with Gasteiger partial charge in [0, 0.05) is 30.9 Å². The van der Waals surface area contributed by atoms with E-state index in [9.17, 15) is 9.18 Å². The van der Waals surface area contributed by atoms with Crippen LogP contribution in [0.5, 0.6) is 5.75 Å². The number of carbonyl (C=O) groups is 1. The summed E-state index contributed by atoms with van der Waals surface area (Å²) in [5.74, 6) is 0.703. The standard InChI is InChI=1S/C22H22FN3O2/c1-26-12-11-24-21(26)20(15-8-4-6-10-19(15)28-2)25-22(27)17-13-16(17)14-7-3-5-9-18(14)23/h3-12,16-17,20H,13H2,1-2H3,(H,25,27). The number of hydrogen-bond donors (Lipinski definition) is 1. The van der Waals surface area contributed by atoms with Crippen LogP contribution >= 0.6 is 0 Å². The number of rotatable bonds is 6. The zero-order valence-electron chi connectivity index (χ0n) is 15.8. The highest BCUT2D eigenvalue weighted by Crippen LogP contribution is 2.48. The Hall–Kier alpha value is -3.15. The Balaban J connectivity index is 1.60. The summed E-state index contributed by atoms with van der Waals surface area (Å²) in [5.41, 5.74) is 1.43. The Morgan fingerprint density at radius 1 is 1.25 bits per heavy atom. The maximum absolute atomic E-state index is 14.1. The van der Waals surface area contributed by atoms with E-state index in [0.717, 1.165) is 5.56 Å². The van der Waals surface area contributed by atoms with Crippen LogP contribution in [0.15, 0.2) is 60.9 Å². The molecule has 28 heavy (non-hydrogen) atoms. The fraction of sp³-hybridized carbons (Fsp3) is 0.273. The molecule has 5 nitrogen and oxygen atoms in total. The summed E-state index contributed by atoms with van der Waals surface area (Å²) in [6.07, 6.45) is 4.18. The zero-order valence-corrected chi connectivity index (χ0v) is 15.8. The summed E-state index contributed by atoms with van der Waals surface area (Å²) in [6.45, 7) is 0. The molecule has 0 radical (unpaired) electrons. The molecule has 2 aromatic carbocycles. The number of amides is 1. The van der Waals surface area contributed by atoms with Crippen LogP contribution in [0.2, 0.25) is 0 Å². The van der Waals surface area contributed by atoms with Crippen molar-refractivity contribution in [3.05, 3.63) is 83.7 Å². The Bertz CT molecular complexity index is 1000. The average molecular weight is 379 g/mol. The number of imidazole rings is 1. The molecule has 1 amide bonds. The van der Waals surface area contributed by atoms with Crippen molar-refractivity contribution in [3.63, 3.8) is 0 Å². The van der Waals surface area contributed by atoms with Crippen LogP contribution in [0.25, 0.3) is 0 Å². The molecular formula is C22H22FN3O2. The summed E-state index contributed by atoms with van der Waals surface area (Å²) in [4.78, 5) is 17.4. The number of aromatic nitrogens is 2. The number of aryl methyl sites for hydroxylation is 1. The van der Waals surface area contributed by atoms with E-state index < -0.39 is 6.04 Å². The third kappa shape index (κ3) is 3.38. The molecule has 1 heterocycles. The number of hydrogen-bond acceptors (Lipinski definition) is 3. The quantitative estimate of drug-likeness (QED) is 0.712. The first-order valence-corrected chi connectivity index (χ1v) is 9.25. The van der Waals surface area contributed by atoms with Crippen LogP contribution in [-0.4, -0.2) is 22.6 Å². The first-order valence-electron chi connectivity index (χ1n) is 9.25. The highest BCUT2D eigenvalue weighted by Gasteiger charge is 2.46. The lowest BCUT2D eigenvalue weighted by atomic mass is 10.0. The minimum Gasteiger partial charge on any atom is -0.496 e. The van der Waals surface area contributed by atoms with E-state index in [1.165, 1.54) is 6.07 Å². The van der Waals surface area contributed by atoms with Gasteiger partial charge in [0.15, 0.2) is 0 Å². The molecule has 0 aliphatic heterocycles. The molecule has 4 rings (SSSR count). The smallest absolute Gasteiger partial charge is 0.224 e. The maximum atomic E-state index is 14.1. The van der Waals surface area contributed by atoms with E-state index in [1.807, 2.05) is 42.1 Å². The van der Waals surface area contributed by atoms with Gasteiger partial charge >= 0.3 is 0 Å². The number of carbonyl (C=O) groups excluding carboxylic acids is 1. The number of nitrogens with zero attached hydrogens (tertiary/aromatic N) is 2. The molecule has 3 unspecified atom stereocenters. The number of methoxy groups -OCH3 is 1. The second-order valence-corrected chi connectivity index (χ2v) is 7.05. The molecule has 1 fully saturated rings. The predicted octanol–water partition coefficient (Wildman–Crippen LogP) is 3.58. The van der Waals surface area contributed by atoms with Gasteiger partial charge in [-0.25, -0.2) is 9.37 Å². The van der Waals surface area contributed by atoms with E-state index in [4.69, 9.17) is 4.74 Å². The van der Waals surface area contributed by atoms with Crippen LogP contribution in [0.3, 0.4) is 0 Å². The Morgan fingerprint density at radius 2 is 2.00 bits per heavy atom. The summed E-state index contributed by atoms with van der Waals surface area (Å²) in [5, 5.41) is 3.11. The largest absolute Gasteiger partial charge is 0.496 e. The molecule has 1 N–H and O–H groups in total. The number of ether oxygens (including phenoxy) is 1. The van der Waals surface area contributed by atoms with Gasteiger partial charge in [0.2, 0.25) is 5.91 Å². The van der Waals surface area contributed by atoms with Gasteiger partial charge in [-0.1, -0.05) is 36.4 Å². The number of para-hydroxylation sites is 1. The third-order valence-corrected chi connectivity index (χ3v) is 5.29. The van der Waals surface area contributed by atoms with Gasteiger partial charge in [-0.15, -0.1) is 0 Å². The minimum absolute atomic E-state index is 0.0825. The molecule has 3 aromatic rings. The molecule has 144 valence electrons. The van der Waals surface area contributed by atoms with E-state index in [2.05, 4.69) is 10.3 Å². The van der Waals surface area contributed by atoms with Crippen molar-refractivity contribution < 1.29 is 13.9 Å². The minimum atomic E-state index is -0.453. The van der Waals surface area contributed by atoms with Crippen LogP contribution in [0, 0.1) is 11.7 Å². The normalized spacial score (nSPS) is 19.1. The predicted molar refractivity (Wildman–Crippen MR) is 103 cm³/mol. The van der Waals surface area contributed by atoms with Crippen molar-refractivity contribution in [2.45, 2.75) is 18.4 Å². The summed E-state index contributed by atoms with van der Waals surface area (Å²) in [6, 6.07) is 13.8. The van der Waals surface area contributed by atoms with E-state index in [0.29, 0.717) is 23.6 Å². The Kier molecular flexibility index (Phi) is 4.86. The highest BCUT2D eigenvalue weighted by molar-refractivity contribution is 5.83. The van der Waals surface area contributed by atoms with Crippen molar-refractivity contribution in [2.24, 2.45) is 13.0 Å². The zero-order chi connectivity index (χ0) is 19.7. The van der Waals surface area contributed by atoms with Crippen LogP contribution in [0.4, 0.5) is 4.39 Å². The summed E-state index contributed by atoms with van der Waals surface area (Å²) in [7, 11) is 3.49. The third-order valence-electron chi connectivity index (χ3n) is 5.29.